The van der Waals surface area contributed by atoms with E-state index in [1.807, 2.05) is 24.3 Å². The highest BCUT2D eigenvalue weighted by Gasteiger charge is 2.22. The average molecular weight is 344 g/mol. The standard InChI is InChI=1S/C18H24N4O3/c1-3-21-8-10-22(11-9-21)12-15(23)20-16-13-6-4-5-7-14(13)19-17(16)18(24)25-2/h4-7,19H,3,8-12H2,1-2H3,(H,20,23). The van der Waals surface area contributed by atoms with Crippen LogP contribution in [0.3, 0.4) is 0 Å². The molecule has 0 radical (unpaired) electrons. The van der Waals surface area contributed by atoms with Gasteiger partial charge in [0.05, 0.1) is 19.3 Å². The highest BCUT2D eigenvalue weighted by Crippen LogP contribution is 2.28. The van der Waals surface area contributed by atoms with Crippen LogP contribution in [0.5, 0.6) is 0 Å². The van der Waals surface area contributed by atoms with Gasteiger partial charge in [0, 0.05) is 37.1 Å². The largest absolute Gasteiger partial charge is 0.464 e. The number of likely N-dealkylation sites (N-methyl/N-ethyl adjacent to an activating group) is 1. The van der Waals surface area contributed by atoms with E-state index in [4.69, 9.17) is 4.74 Å². The lowest BCUT2D eigenvalue weighted by atomic mass is 10.2. The molecule has 7 heteroatoms. The maximum atomic E-state index is 12.5. The van der Waals surface area contributed by atoms with E-state index in [1.165, 1.54) is 7.11 Å². The zero-order chi connectivity index (χ0) is 17.8. The second kappa shape index (κ2) is 7.67. The second-order valence-electron chi connectivity index (χ2n) is 6.17. The topological polar surface area (TPSA) is 77.7 Å². The van der Waals surface area contributed by atoms with Crippen molar-refractivity contribution in [2.45, 2.75) is 6.92 Å². The van der Waals surface area contributed by atoms with Gasteiger partial charge in [-0.3, -0.25) is 9.69 Å². The van der Waals surface area contributed by atoms with Crippen LogP contribution in [0.15, 0.2) is 24.3 Å². The number of esters is 1. The molecule has 25 heavy (non-hydrogen) atoms. The van der Waals surface area contributed by atoms with Gasteiger partial charge in [0.25, 0.3) is 0 Å². The first-order valence-corrected chi connectivity index (χ1v) is 8.56. The van der Waals surface area contributed by atoms with Crippen LogP contribution >= 0.6 is 0 Å². The van der Waals surface area contributed by atoms with E-state index in [0.717, 1.165) is 43.6 Å². The number of rotatable bonds is 5. The van der Waals surface area contributed by atoms with Crippen molar-refractivity contribution in [3.05, 3.63) is 30.0 Å². The summed E-state index contributed by atoms with van der Waals surface area (Å²) in [7, 11) is 1.33. The lowest BCUT2D eigenvalue weighted by Gasteiger charge is -2.33. The van der Waals surface area contributed by atoms with E-state index in [-0.39, 0.29) is 11.6 Å². The van der Waals surface area contributed by atoms with Crippen molar-refractivity contribution >= 4 is 28.5 Å². The molecule has 2 aromatic rings. The number of para-hydroxylation sites is 1. The van der Waals surface area contributed by atoms with Gasteiger partial charge in [0.1, 0.15) is 5.69 Å². The van der Waals surface area contributed by atoms with Crippen molar-refractivity contribution in [1.82, 2.24) is 14.8 Å². The first-order valence-electron chi connectivity index (χ1n) is 8.56. The molecule has 2 N–H and O–H groups in total. The van der Waals surface area contributed by atoms with E-state index >= 15 is 0 Å². The molecule has 0 unspecified atom stereocenters. The van der Waals surface area contributed by atoms with E-state index in [9.17, 15) is 9.59 Å². The van der Waals surface area contributed by atoms with Crippen LogP contribution in [0.2, 0.25) is 0 Å². The molecule has 1 amide bonds. The summed E-state index contributed by atoms with van der Waals surface area (Å²) in [6, 6.07) is 7.48. The zero-order valence-electron chi connectivity index (χ0n) is 14.7. The smallest absolute Gasteiger partial charge is 0.356 e. The van der Waals surface area contributed by atoms with Crippen molar-refractivity contribution in [2.75, 3.05) is 51.7 Å². The summed E-state index contributed by atoms with van der Waals surface area (Å²) < 4.78 is 4.82. The number of aromatic nitrogens is 1. The normalized spacial score (nSPS) is 16.1. The Bertz CT molecular complexity index is 763. The minimum absolute atomic E-state index is 0.125. The fourth-order valence-corrected chi connectivity index (χ4v) is 3.17. The maximum absolute atomic E-state index is 12.5. The number of aromatic amines is 1. The van der Waals surface area contributed by atoms with Crippen LogP contribution in [-0.2, 0) is 9.53 Å². The Balaban J connectivity index is 1.73. The van der Waals surface area contributed by atoms with E-state index < -0.39 is 5.97 Å². The van der Waals surface area contributed by atoms with Gasteiger partial charge in [-0.25, -0.2) is 4.79 Å². The minimum atomic E-state index is -0.497. The number of amides is 1. The molecule has 1 aliphatic rings. The number of ether oxygens (including phenoxy) is 1. The summed E-state index contributed by atoms with van der Waals surface area (Å²) in [6.45, 7) is 7.20. The Hall–Kier alpha value is -2.38. The van der Waals surface area contributed by atoms with Gasteiger partial charge < -0.3 is 19.9 Å². The maximum Gasteiger partial charge on any atom is 0.356 e. The molecule has 0 spiro atoms. The van der Waals surface area contributed by atoms with Gasteiger partial charge in [-0.15, -0.1) is 0 Å². The third-order valence-corrected chi connectivity index (χ3v) is 4.64. The number of piperazine rings is 1. The molecule has 1 aromatic carbocycles. The monoisotopic (exact) mass is 344 g/mol. The van der Waals surface area contributed by atoms with Crippen molar-refractivity contribution in [2.24, 2.45) is 0 Å². The number of nitrogens with one attached hydrogen (secondary N) is 2. The van der Waals surface area contributed by atoms with Crippen LogP contribution < -0.4 is 5.32 Å². The summed E-state index contributed by atoms with van der Waals surface area (Å²) in [5.74, 6) is -0.622. The Morgan fingerprint density at radius 2 is 1.84 bits per heavy atom. The number of carbonyl (C=O) groups is 2. The van der Waals surface area contributed by atoms with E-state index in [1.54, 1.807) is 0 Å². The molecule has 1 aromatic heterocycles. The summed E-state index contributed by atoms with van der Waals surface area (Å²) in [5, 5.41) is 3.69. The molecule has 134 valence electrons. The lowest BCUT2D eigenvalue weighted by Crippen LogP contribution is -2.48. The van der Waals surface area contributed by atoms with E-state index in [0.29, 0.717) is 12.2 Å². The summed E-state index contributed by atoms with van der Waals surface area (Å²) in [5.41, 5.74) is 1.54. The Morgan fingerprint density at radius 1 is 1.16 bits per heavy atom. The predicted molar refractivity (Wildman–Crippen MR) is 96.8 cm³/mol. The summed E-state index contributed by atoms with van der Waals surface area (Å²) >= 11 is 0. The molecule has 0 saturated carbocycles. The number of carbonyl (C=O) groups excluding carboxylic acids is 2. The number of benzene rings is 1. The quantitative estimate of drug-likeness (QED) is 0.805. The highest BCUT2D eigenvalue weighted by molar-refractivity contribution is 6.11. The third kappa shape index (κ3) is 3.83. The molecule has 3 rings (SSSR count). The fourth-order valence-electron chi connectivity index (χ4n) is 3.17. The number of nitrogens with zero attached hydrogens (tertiary/aromatic N) is 2. The van der Waals surface area contributed by atoms with Crippen molar-refractivity contribution < 1.29 is 14.3 Å². The van der Waals surface area contributed by atoms with Gasteiger partial charge in [0.15, 0.2) is 0 Å². The Labute approximate surface area is 146 Å². The van der Waals surface area contributed by atoms with Crippen LogP contribution in [-0.4, -0.2) is 73.0 Å². The van der Waals surface area contributed by atoms with Crippen molar-refractivity contribution in [3.8, 4) is 0 Å². The lowest BCUT2D eigenvalue weighted by molar-refractivity contribution is -0.117. The zero-order valence-corrected chi connectivity index (χ0v) is 14.7. The van der Waals surface area contributed by atoms with Gasteiger partial charge in [-0.2, -0.15) is 0 Å². The number of hydrogen-bond acceptors (Lipinski definition) is 5. The predicted octanol–water partition coefficient (Wildman–Crippen LogP) is 1.53. The molecular weight excluding hydrogens is 320 g/mol. The first kappa shape index (κ1) is 17.4. The SMILES string of the molecule is CCN1CCN(CC(=O)Nc2c(C(=O)OC)[nH]c3ccccc23)CC1. The number of hydrogen-bond donors (Lipinski definition) is 2. The number of anilines is 1. The second-order valence-corrected chi connectivity index (χ2v) is 6.17. The number of fused-ring (bicyclic) bond motifs is 1. The van der Waals surface area contributed by atoms with Crippen LogP contribution in [0.4, 0.5) is 5.69 Å². The Morgan fingerprint density at radius 3 is 2.52 bits per heavy atom. The van der Waals surface area contributed by atoms with Gasteiger partial charge >= 0.3 is 5.97 Å². The molecule has 2 heterocycles. The van der Waals surface area contributed by atoms with Crippen molar-refractivity contribution in [1.29, 1.82) is 0 Å². The first-order chi connectivity index (χ1) is 12.1. The third-order valence-electron chi connectivity index (χ3n) is 4.64. The van der Waals surface area contributed by atoms with Crippen LogP contribution in [0.1, 0.15) is 17.4 Å². The summed E-state index contributed by atoms with van der Waals surface area (Å²) in [4.78, 5) is 32.1. The summed E-state index contributed by atoms with van der Waals surface area (Å²) in [6.07, 6.45) is 0. The molecule has 0 atom stereocenters. The van der Waals surface area contributed by atoms with Crippen LogP contribution in [0.25, 0.3) is 10.9 Å². The Kier molecular flexibility index (Phi) is 5.35. The number of H-pyrrole nitrogens is 1. The average Bonchev–Trinajstić information content (AvgIpc) is 3.00. The van der Waals surface area contributed by atoms with E-state index in [2.05, 4.69) is 27.0 Å². The molecule has 7 nitrogen and oxygen atoms in total. The molecule has 1 fully saturated rings. The fraction of sp³-hybridized carbons (Fsp3) is 0.444. The molecular formula is C18H24N4O3. The molecule has 0 bridgehead atoms. The minimum Gasteiger partial charge on any atom is -0.464 e. The molecule has 1 aliphatic heterocycles. The van der Waals surface area contributed by atoms with Gasteiger partial charge in [-0.05, 0) is 12.6 Å². The van der Waals surface area contributed by atoms with Gasteiger partial charge in [0.2, 0.25) is 5.91 Å². The van der Waals surface area contributed by atoms with Gasteiger partial charge in [-0.1, -0.05) is 25.1 Å². The highest BCUT2D eigenvalue weighted by atomic mass is 16.5. The molecule has 1 saturated heterocycles. The molecule has 0 aliphatic carbocycles. The number of methoxy groups -OCH3 is 1. The van der Waals surface area contributed by atoms with Crippen molar-refractivity contribution in [3.63, 3.8) is 0 Å². The van der Waals surface area contributed by atoms with Crippen LogP contribution in [0, 0.1) is 0 Å².